The Morgan fingerprint density at radius 3 is 2.62 bits per heavy atom. The number of carbonyl (C=O) groups excluding carboxylic acids is 1. The third-order valence-electron chi connectivity index (χ3n) is 4.29. The number of hydrogen-bond donors (Lipinski definition) is 2. The van der Waals surface area contributed by atoms with Crippen molar-refractivity contribution in [2.75, 3.05) is 13.2 Å². The molecular weight excluding hydrogens is 270 g/mol. The SMILES string of the molecule is Cc1ccc(O)c(C(=O)NC2CCC3(CC2)OCCO3)c1. The van der Waals surface area contributed by atoms with Crippen LogP contribution in [0.3, 0.4) is 0 Å². The maximum absolute atomic E-state index is 12.3. The fraction of sp³-hybridized carbons (Fsp3) is 0.562. The van der Waals surface area contributed by atoms with Crippen molar-refractivity contribution in [3.05, 3.63) is 29.3 Å². The number of aryl methyl sites for hydroxylation is 1. The lowest BCUT2D eigenvalue weighted by Gasteiger charge is -2.35. The first-order chi connectivity index (χ1) is 10.1. The maximum atomic E-state index is 12.3. The third kappa shape index (κ3) is 3.04. The summed E-state index contributed by atoms with van der Waals surface area (Å²) in [5.41, 5.74) is 1.29. The van der Waals surface area contributed by atoms with Crippen molar-refractivity contribution in [2.24, 2.45) is 0 Å². The first-order valence-electron chi connectivity index (χ1n) is 7.46. The van der Waals surface area contributed by atoms with Gasteiger partial charge in [-0.05, 0) is 31.9 Å². The predicted octanol–water partition coefficient (Wildman–Crippen LogP) is 2.12. The molecule has 1 aromatic rings. The zero-order valence-corrected chi connectivity index (χ0v) is 12.2. The molecule has 3 rings (SSSR count). The van der Waals surface area contributed by atoms with Crippen LogP contribution in [-0.2, 0) is 9.47 Å². The van der Waals surface area contributed by atoms with E-state index in [4.69, 9.17) is 9.47 Å². The Kier molecular flexibility index (Phi) is 3.87. The van der Waals surface area contributed by atoms with E-state index in [0.717, 1.165) is 31.2 Å². The molecule has 1 aromatic carbocycles. The van der Waals surface area contributed by atoms with Gasteiger partial charge in [0.25, 0.3) is 5.91 Å². The lowest BCUT2D eigenvalue weighted by Crippen LogP contribution is -2.44. The second kappa shape index (κ2) is 5.66. The third-order valence-corrected chi connectivity index (χ3v) is 4.29. The summed E-state index contributed by atoms with van der Waals surface area (Å²) in [5, 5.41) is 12.8. The Bertz CT molecular complexity index is 527. The van der Waals surface area contributed by atoms with Gasteiger partial charge in [0.05, 0.1) is 18.8 Å². The van der Waals surface area contributed by atoms with E-state index in [9.17, 15) is 9.90 Å². The Labute approximate surface area is 124 Å². The van der Waals surface area contributed by atoms with E-state index in [0.29, 0.717) is 18.8 Å². The number of amides is 1. The molecule has 5 heteroatoms. The minimum absolute atomic E-state index is 0.0211. The number of rotatable bonds is 2. The van der Waals surface area contributed by atoms with Crippen LogP contribution < -0.4 is 5.32 Å². The Hall–Kier alpha value is -1.59. The van der Waals surface area contributed by atoms with Gasteiger partial charge in [-0.25, -0.2) is 0 Å². The Morgan fingerprint density at radius 1 is 1.29 bits per heavy atom. The molecule has 2 aliphatic rings. The minimum atomic E-state index is -0.410. The van der Waals surface area contributed by atoms with E-state index < -0.39 is 5.79 Å². The van der Waals surface area contributed by atoms with Crippen LogP contribution in [0.2, 0.25) is 0 Å². The van der Waals surface area contributed by atoms with Crippen molar-refractivity contribution in [2.45, 2.75) is 44.4 Å². The number of hydrogen-bond acceptors (Lipinski definition) is 4. The number of phenols is 1. The molecule has 21 heavy (non-hydrogen) atoms. The topological polar surface area (TPSA) is 67.8 Å². The molecule has 0 atom stereocenters. The molecule has 0 aromatic heterocycles. The molecule has 114 valence electrons. The van der Waals surface area contributed by atoms with Crippen LogP contribution >= 0.6 is 0 Å². The predicted molar refractivity (Wildman–Crippen MR) is 77.2 cm³/mol. The molecule has 0 unspecified atom stereocenters. The van der Waals surface area contributed by atoms with Crippen molar-refractivity contribution in [1.82, 2.24) is 5.32 Å². The normalized spacial score (nSPS) is 21.6. The molecule has 0 bridgehead atoms. The lowest BCUT2D eigenvalue weighted by atomic mass is 9.90. The number of carbonyl (C=O) groups is 1. The standard InChI is InChI=1S/C16H21NO4/c1-11-2-3-14(18)13(10-11)15(19)17-12-4-6-16(7-5-12)20-8-9-21-16/h2-3,10,12,18H,4-9H2,1H3,(H,17,19). The Balaban J connectivity index is 1.60. The fourth-order valence-electron chi connectivity index (χ4n) is 3.08. The second-order valence-electron chi connectivity index (χ2n) is 5.88. The quantitative estimate of drug-likeness (QED) is 0.876. The largest absolute Gasteiger partial charge is 0.507 e. The van der Waals surface area contributed by atoms with Gasteiger partial charge in [0, 0.05) is 18.9 Å². The highest BCUT2D eigenvalue weighted by Crippen LogP contribution is 2.35. The molecule has 1 aliphatic heterocycles. The van der Waals surface area contributed by atoms with Gasteiger partial charge in [0.15, 0.2) is 5.79 Å². The number of benzene rings is 1. The highest BCUT2D eigenvalue weighted by molar-refractivity contribution is 5.97. The molecule has 5 nitrogen and oxygen atoms in total. The summed E-state index contributed by atoms with van der Waals surface area (Å²) in [6.07, 6.45) is 3.27. The summed E-state index contributed by atoms with van der Waals surface area (Å²) >= 11 is 0. The summed E-state index contributed by atoms with van der Waals surface area (Å²) in [6.45, 7) is 3.22. The molecule has 1 heterocycles. The molecule has 1 amide bonds. The fourth-order valence-corrected chi connectivity index (χ4v) is 3.08. The van der Waals surface area contributed by atoms with Gasteiger partial charge < -0.3 is 19.9 Å². The highest BCUT2D eigenvalue weighted by Gasteiger charge is 2.40. The van der Waals surface area contributed by atoms with Crippen LogP contribution in [0.5, 0.6) is 5.75 Å². The van der Waals surface area contributed by atoms with Crippen molar-refractivity contribution < 1.29 is 19.4 Å². The molecule has 1 saturated heterocycles. The van der Waals surface area contributed by atoms with Gasteiger partial charge in [-0.15, -0.1) is 0 Å². The van der Waals surface area contributed by atoms with Crippen LogP contribution in [0.4, 0.5) is 0 Å². The maximum Gasteiger partial charge on any atom is 0.255 e. The van der Waals surface area contributed by atoms with Gasteiger partial charge in [0.2, 0.25) is 0 Å². The smallest absolute Gasteiger partial charge is 0.255 e. The van der Waals surface area contributed by atoms with Crippen molar-refractivity contribution in [3.8, 4) is 5.75 Å². The summed E-state index contributed by atoms with van der Waals surface area (Å²) in [4.78, 5) is 12.3. The zero-order valence-electron chi connectivity index (χ0n) is 12.2. The Morgan fingerprint density at radius 2 is 1.95 bits per heavy atom. The second-order valence-corrected chi connectivity index (χ2v) is 5.88. The molecule has 2 fully saturated rings. The summed E-state index contributed by atoms with van der Waals surface area (Å²) in [7, 11) is 0. The molecular formula is C16H21NO4. The number of nitrogens with one attached hydrogen (secondary N) is 1. The summed E-state index contributed by atoms with van der Waals surface area (Å²) in [6, 6.07) is 5.15. The average Bonchev–Trinajstić information content (AvgIpc) is 2.93. The monoisotopic (exact) mass is 291 g/mol. The van der Waals surface area contributed by atoms with Crippen molar-refractivity contribution in [1.29, 1.82) is 0 Å². The number of ether oxygens (including phenoxy) is 2. The molecule has 1 saturated carbocycles. The van der Waals surface area contributed by atoms with Crippen molar-refractivity contribution in [3.63, 3.8) is 0 Å². The molecule has 1 aliphatic carbocycles. The van der Waals surface area contributed by atoms with E-state index in [1.165, 1.54) is 0 Å². The van der Waals surface area contributed by atoms with Gasteiger partial charge in [-0.2, -0.15) is 0 Å². The number of phenolic OH excluding ortho intramolecular Hbond substituents is 1. The van der Waals surface area contributed by atoms with E-state index in [2.05, 4.69) is 5.32 Å². The van der Waals surface area contributed by atoms with Crippen LogP contribution in [0.1, 0.15) is 41.6 Å². The minimum Gasteiger partial charge on any atom is -0.507 e. The lowest BCUT2D eigenvalue weighted by molar-refractivity contribution is -0.179. The van der Waals surface area contributed by atoms with Crippen LogP contribution in [-0.4, -0.2) is 36.1 Å². The number of aromatic hydroxyl groups is 1. The van der Waals surface area contributed by atoms with Gasteiger partial charge >= 0.3 is 0 Å². The first kappa shape index (κ1) is 14.4. The van der Waals surface area contributed by atoms with Crippen LogP contribution in [0.15, 0.2) is 18.2 Å². The van der Waals surface area contributed by atoms with E-state index >= 15 is 0 Å². The molecule has 1 spiro atoms. The highest BCUT2D eigenvalue weighted by atomic mass is 16.7. The summed E-state index contributed by atoms with van der Waals surface area (Å²) in [5.74, 6) is -0.606. The molecule has 0 radical (unpaired) electrons. The first-order valence-corrected chi connectivity index (χ1v) is 7.46. The van der Waals surface area contributed by atoms with Crippen LogP contribution in [0.25, 0.3) is 0 Å². The van der Waals surface area contributed by atoms with Gasteiger partial charge in [0.1, 0.15) is 5.75 Å². The zero-order chi connectivity index (χ0) is 14.9. The average molecular weight is 291 g/mol. The van der Waals surface area contributed by atoms with Gasteiger partial charge in [-0.1, -0.05) is 11.6 Å². The van der Waals surface area contributed by atoms with E-state index in [-0.39, 0.29) is 17.7 Å². The van der Waals surface area contributed by atoms with E-state index in [1.54, 1.807) is 18.2 Å². The van der Waals surface area contributed by atoms with Gasteiger partial charge in [-0.3, -0.25) is 4.79 Å². The molecule has 2 N–H and O–H groups in total. The van der Waals surface area contributed by atoms with Crippen LogP contribution in [0, 0.1) is 6.92 Å². The van der Waals surface area contributed by atoms with E-state index in [1.807, 2.05) is 6.92 Å². The summed E-state index contributed by atoms with van der Waals surface area (Å²) < 4.78 is 11.4. The van der Waals surface area contributed by atoms with Crippen molar-refractivity contribution >= 4 is 5.91 Å².